The van der Waals surface area contributed by atoms with Gasteiger partial charge < -0.3 is 4.57 Å². The van der Waals surface area contributed by atoms with Gasteiger partial charge >= 0.3 is 0 Å². The molecule has 116 valence electrons. The molecule has 4 radical (unpaired) electrons. The van der Waals surface area contributed by atoms with Gasteiger partial charge in [-0.25, -0.2) is 9.69 Å². The van der Waals surface area contributed by atoms with E-state index in [4.69, 9.17) is 15.8 Å². The number of nitrogens with zero attached hydrogens (tertiary/aromatic N) is 6. The fraction of sp³-hybridized carbons (Fsp3) is 0.0588. The van der Waals surface area contributed by atoms with Crippen molar-refractivity contribution in [3.05, 3.63) is 66.6 Å². The van der Waals surface area contributed by atoms with E-state index in [0.717, 1.165) is 27.0 Å². The van der Waals surface area contributed by atoms with E-state index in [9.17, 15) is 0 Å². The molecule has 0 aliphatic rings. The second-order valence-corrected chi connectivity index (χ2v) is 5.62. The predicted octanol–water partition coefficient (Wildman–Crippen LogP) is 0.977. The molecule has 0 bridgehead atoms. The van der Waals surface area contributed by atoms with Gasteiger partial charge in [0.2, 0.25) is 5.82 Å². The second-order valence-electron chi connectivity index (χ2n) is 5.62. The van der Waals surface area contributed by atoms with Gasteiger partial charge in [-0.2, -0.15) is 0 Å². The molecule has 2 aromatic carbocycles. The first-order chi connectivity index (χ1) is 12.2. The summed E-state index contributed by atoms with van der Waals surface area (Å²) in [5.41, 5.74) is 4.74. The highest BCUT2D eigenvalue weighted by atomic mass is 15.5. The number of rotatable bonds is 4. The minimum absolute atomic E-state index is 0.494. The molecular formula is C17H12B2N6. The zero-order valence-corrected chi connectivity index (χ0v) is 13.3. The monoisotopic (exact) mass is 322 g/mol. The number of benzene rings is 2. The lowest BCUT2D eigenvalue weighted by atomic mass is 9.98. The van der Waals surface area contributed by atoms with Crippen LogP contribution in [0.25, 0.3) is 22.5 Å². The summed E-state index contributed by atoms with van der Waals surface area (Å²) in [6.45, 7) is 0.677. The van der Waals surface area contributed by atoms with Crippen LogP contribution in [0.1, 0.15) is 5.56 Å². The molecule has 25 heavy (non-hydrogen) atoms. The predicted molar refractivity (Wildman–Crippen MR) is 96.6 cm³/mol. The zero-order valence-electron chi connectivity index (χ0n) is 13.3. The minimum Gasteiger partial charge on any atom is -0.340 e. The van der Waals surface area contributed by atoms with E-state index in [0.29, 0.717) is 18.0 Å². The molecule has 0 spiro atoms. The molecule has 0 saturated carbocycles. The fourth-order valence-corrected chi connectivity index (χ4v) is 2.71. The molecule has 0 aliphatic carbocycles. The van der Waals surface area contributed by atoms with Gasteiger partial charge in [-0.1, -0.05) is 53.7 Å². The lowest BCUT2D eigenvalue weighted by Crippen LogP contribution is -2.16. The Kier molecular flexibility index (Phi) is 3.93. The number of tetrazole rings is 1. The molecule has 4 rings (SSSR count). The van der Waals surface area contributed by atoms with E-state index in [1.807, 2.05) is 28.8 Å². The molecule has 6 nitrogen and oxygen atoms in total. The van der Waals surface area contributed by atoms with E-state index >= 15 is 0 Å². The van der Waals surface area contributed by atoms with Crippen LogP contribution in [-0.4, -0.2) is 45.5 Å². The molecule has 0 N–H and O–H groups in total. The van der Waals surface area contributed by atoms with Crippen molar-refractivity contribution in [1.82, 2.24) is 29.7 Å². The number of hydrogen-bond donors (Lipinski definition) is 0. The van der Waals surface area contributed by atoms with Crippen LogP contribution in [0.5, 0.6) is 0 Å². The molecule has 0 fully saturated rings. The topological polar surface area (TPSA) is 61.4 Å². The van der Waals surface area contributed by atoms with Crippen LogP contribution in [0.3, 0.4) is 0 Å². The van der Waals surface area contributed by atoms with Crippen molar-refractivity contribution in [1.29, 1.82) is 0 Å². The SMILES string of the molecule is [B]c1cncn1Cc1ccc(-c2ccccc2-c2nnn([B])n2)cc1. The Morgan fingerprint density at radius 1 is 0.960 bits per heavy atom. The Balaban J connectivity index is 1.66. The standard InChI is InChI=1S/C17H12B2N6/c18-16-9-20-11-24(16)10-12-5-7-13(8-6-12)14-3-1-2-4-15(14)17-21-23-25(19)22-17/h1-9,11H,10H2. The van der Waals surface area contributed by atoms with Crippen molar-refractivity contribution in [2.75, 3.05) is 0 Å². The Labute approximate surface area is 147 Å². The van der Waals surface area contributed by atoms with Crippen molar-refractivity contribution in [3.8, 4) is 22.5 Å². The van der Waals surface area contributed by atoms with E-state index in [1.165, 1.54) is 0 Å². The van der Waals surface area contributed by atoms with E-state index < -0.39 is 0 Å². The molecule has 4 aromatic rings. The van der Waals surface area contributed by atoms with Gasteiger partial charge in [-0.15, -0.1) is 10.2 Å². The third kappa shape index (κ3) is 3.10. The van der Waals surface area contributed by atoms with Crippen molar-refractivity contribution in [3.63, 3.8) is 0 Å². The average molecular weight is 322 g/mol. The number of hydrogen-bond acceptors (Lipinski definition) is 4. The zero-order chi connectivity index (χ0) is 17.2. The van der Waals surface area contributed by atoms with Crippen LogP contribution < -0.4 is 5.59 Å². The van der Waals surface area contributed by atoms with Crippen LogP contribution in [0.15, 0.2) is 61.1 Å². The van der Waals surface area contributed by atoms with E-state index in [2.05, 4.69) is 44.7 Å². The van der Waals surface area contributed by atoms with Crippen molar-refractivity contribution < 1.29 is 0 Å². The third-order valence-corrected chi connectivity index (χ3v) is 3.96. The van der Waals surface area contributed by atoms with Crippen LogP contribution in [0.2, 0.25) is 0 Å². The van der Waals surface area contributed by atoms with Crippen molar-refractivity contribution >= 4 is 21.4 Å². The number of imidazole rings is 1. The summed E-state index contributed by atoms with van der Waals surface area (Å²) in [5.74, 6) is 0.494. The molecular weight excluding hydrogens is 310 g/mol. The van der Waals surface area contributed by atoms with Gasteiger partial charge in [0.1, 0.15) is 7.85 Å². The Morgan fingerprint density at radius 2 is 1.72 bits per heavy atom. The smallest absolute Gasteiger partial charge is 0.298 e. The summed E-state index contributed by atoms with van der Waals surface area (Å²) in [7, 11) is 11.4. The quantitative estimate of drug-likeness (QED) is 0.526. The Bertz CT molecular complexity index is 1010. The van der Waals surface area contributed by atoms with Crippen LogP contribution in [0, 0.1) is 0 Å². The van der Waals surface area contributed by atoms with E-state index in [1.54, 1.807) is 12.5 Å². The highest BCUT2D eigenvalue weighted by Crippen LogP contribution is 2.29. The summed E-state index contributed by atoms with van der Waals surface area (Å²) < 4.78 is 2.86. The highest BCUT2D eigenvalue weighted by molar-refractivity contribution is 6.30. The summed E-state index contributed by atoms with van der Waals surface area (Å²) in [4.78, 5) is 4.04. The lowest BCUT2D eigenvalue weighted by Gasteiger charge is -2.09. The van der Waals surface area contributed by atoms with Crippen LogP contribution >= 0.6 is 0 Å². The molecule has 2 heterocycles. The first-order valence-electron chi connectivity index (χ1n) is 7.70. The first kappa shape index (κ1) is 15.4. The number of aromatic nitrogens is 6. The lowest BCUT2D eigenvalue weighted by molar-refractivity contribution is 0.802. The maximum absolute atomic E-state index is 5.86. The molecule has 2 aromatic heterocycles. The summed E-state index contributed by atoms with van der Waals surface area (Å²) in [6, 6.07) is 16.2. The van der Waals surface area contributed by atoms with Gasteiger partial charge in [0.25, 0.3) is 7.98 Å². The van der Waals surface area contributed by atoms with Gasteiger partial charge in [0.05, 0.1) is 6.33 Å². The largest absolute Gasteiger partial charge is 0.340 e. The summed E-state index contributed by atoms with van der Waals surface area (Å²) in [5, 5.41) is 11.8. The molecule has 0 saturated heterocycles. The maximum atomic E-state index is 5.86. The van der Waals surface area contributed by atoms with Gasteiger partial charge in [0, 0.05) is 18.3 Å². The van der Waals surface area contributed by atoms with E-state index in [-0.39, 0.29) is 0 Å². The van der Waals surface area contributed by atoms with Gasteiger partial charge in [-0.3, -0.25) is 0 Å². The van der Waals surface area contributed by atoms with Crippen molar-refractivity contribution in [2.45, 2.75) is 6.54 Å². The maximum Gasteiger partial charge on any atom is 0.298 e. The highest BCUT2D eigenvalue weighted by Gasteiger charge is 2.11. The van der Waals surface area contributed by atoms with Crippen molar-refractivity contribution in [2.24, 2.45) is 0 Å². The molecule has 0 amide bonds. The average Bonchev–Trinajstić information content (AvgIpc) is 3.24. The fourth-order valence-electron chi connectivity index (χ4n) is 2.71. The Hall–Kier alpha value is -3.15. The Morgan fingerprint density at radius 3 is 2.36 bits per heavy atom. The molecule has 8 heteroatoms. The first-order valence-corrected chi connectivity index (χ1v) is 7.70. The third-order valence-electron chi connectivity index (χ3n) is 3.96. The second kappa shape index (κ2) is 6.39. The van der Waals surface area contributed by atoms with Crippen LogP contribution in [-0.2, 0) is 6.54 Å². The molecule has 0 aliphatic heterocycles. The summed E-state index contributed by atoms with van der Waals surface area (Å²) >= 11 is 0. The normalized spacial score (nSPS) is 10.9. The van der Waals surface area contributed by atoms with Gasteiger partial charge in [0.15, 0.2) is 0 Å². The summed E-state index contributed by atoms with van der Waals surface area (Å²) in [6.07, 6.45) is 3.36. The molecule has 0 atom stereocenters. The van der Waals surface area contributed by atoms with Gasteiger partial charge in [-0.05, 0) is 22.3 Å². The molecule has 0 unspecified atom stereocenters. The van der Waals surface area contributed by atoms with Crippen LogP contribution in [0.4, 0.5) is 0 Å². The minimum atomic E-state index is 0.494.